The molecule has 5 nitrogen and oxygen atoms in total. The largest absolute Gasteiger partial charge is 0.465 e. The van der Waals surface area contributed by atoms with Crippen LogP contribution in [0.1, 0.15) is 6.42 Å². The van der Waals surface area contributed by atoms with Crippen LogP contribution in [0.5, 0.6) is 0 Å². The summed E-state index contributed by atoms with van der Waals surface area (Å²) in [6.45, 7) is 0.0651. The number of piperidine rings is 1. The molecular formula is C9H14FNO4. The molecule has 15 heavy (non-hydrogen) atoms. The van der Waals surface area contributed by atoms with Crippen molar-refractivity contribution in [3.05, 3.63) is 11.6 Å². The van der Waals surface area contributed by atoms with E-state index in [0.717, 1.165) is 4.90 Å². The third-order valence-corrected chi connectivity index (χ3v) is 2.32. The summed E-state index contributed by atoms with van der Waals surface area (Å²) < 4.78 is 18.0. The molecule has 86 valence electrons. The number of aliphatic hydroxyl groups is 1. The van der Waals surface area contributed by atoms with Gasteiger partial charge in [0.1, 0.15) is 6.17 Å². The van der Waals surface area contributed by atoms with E-state index < -0.39 is 18.6 Å². The summed E-state index contributed by atoms with van der Waals surface area (Å²) >= 11 is 0. The number of carboxylic acid groups (broad SMARTS) is 1. The molecular weight excluding hydrogens is 205 g/mol. The fourth-order valence-corrected chi connectivity index (χ4v) is 1.44. The van der Waals surface area contributed by atoms with Gasteiger partial charge in [0.2, 0.25) is 0 Å². The van der Waals surface area contributed by atoms with E-state index in [1.807, 2.05) is 0 Å². The van der Waals surface area contributed by atoms with Crippen LogP contribution < -0.4 is 0 Å². The van der Waals surface area contributed by atoms with Crippen molar-refractivity contribution in [3.63, 3.8) is 0 Å². The Kier molecular flexibility index (Phi) is 4.05. The number of nitrogens with zero attached hydrogens (tertiary/aromatic N) is 1. The van der Waals surface area contributed by atoms with Gasteiger partial charge in [-0.1, -0.05) is 0 Å². The average Bonchev–Trinajstić information content (AvgIpc) is 2.20. The summed E-state index contributed by atoms with van der Waals surface area (Å²) in [4.78, 5) is 11.6. The lowest BCUT2D eigenvalue weighted by atomic mass is 10.0. The normalized spacial score (nSPS) is 26.7. The minimum absolute atomic E-state index is 0.183. The van der Waals surface area contributed by atoms with Crippen molar-refractivity contribution in [2.45, 2.75) is 18.9 Å². The van der Waals surface area contributed by atoms with Crippen LogP contribution in [0.3, 0.4) is 0 Å². The number of carbonyl (C=O) groups is 1. The third kappa shape index (κ3) is 3.17. The molecule has 2 unspecified atom stereocenters. The first-order chi connectivity index (χ1) is 7.04. The second-order valence-electron chi connectivity index (χ2n) is 3.31. The van der Waals surface area contributed by atoms with E-state index >= 15 is 0 Å². The minimum atomic E-state index is -1.36. The predicted octanol–water partition coefficient (Wildman–Crippen LogP) is 0.599. The number of hydrogen-bond acceptors (Lipinski definition) is 3. The van der Waals surface area contributed by atoms with Crippen LogP contribution in [0, 0.1) is 0 Å². The summed E-state index contributed by atoms with van der Waals surface area (Å²) in [5.74, 6) is 0. The van der Waals surface area contributed by atoms with Crippen LogP contribution in [0.15, 0.2) is 11.6 Å². The van der Waals surface area contributed by atoms with Gasteiger partial charge in [0.15, 0.2) is 6.29 Å². The Bertz CT molecular complexity index is 269. The summed E-state index contributed by atoms with van der Waals surface area (Å²) in [5.41, 5.74) is 0.391. The maximum Gasteiger partial charge on any atom is 0.407 e. The van der Waals surface area contributed by atoms with Crippen LogP contribution in [-0.2, 0) is 4.74 Å². The molecule has 1 heterocycles. The molecule has 0 aliphatic carbocycles. The lowest BCUT2D eigenvalue weighted by Crippen LogP contribution is -2.41. The Labute approximate surface area is 86.8 Å². The first-order valence-electron chi connectivity index (χ1n) is 4.58. The van der Waals surface area contributed by atoms with Gasteiger partial charge in [0.25, 0.3) is 0 Å². The number of halogens is 1. The maximum atomic E-state index is 13.4. The van der Waals surface area contributed by atoms with Gasteiger partial charge in [0, 0.05) is 13.7 Å². The number of ether oxygens (including phenoxy) is 1. The molecule has 1 rings (SSSR count). The van der Waals surface area contributed by atoms with Gasteiger partial charge < -0.3 is 19.8 Å². The molecule has 1 amide bonds. The molecule has 6 heteroatoms. The molecule has 1 aliphatic heterocycles. The number of alkyl halides is 1. The molecule has 2 atom stereocenters. The SMILES string of the molecule is COC(O)/C=C1\CCN(C(=O)O)CC1F. The second kappa shape index (κ2) is 5.09. The van der Waals surface area contributed by atoms with Gasteiger partial charge >= 0.3 is 6.09 Å². The number of methoxy groups -OCH3 is 1. The molecule has 1 saturated heterocycles. The minimum Gasteiger partial charge on any atom is -0.465 e. The van der Waals surface area contributed by atoms with Crippen molar-refractivity contribution in [1.82, 2.24) is 4.90 Å². The van der Waals surface area contributed by atoms with E-state index in [1.165, 1.54) is 13.2 Å². The molecule has 0 bridgehead atoms. The highest BCUT2D eigenvalue weighted by Gasteiger charge is 2.27. The first-order valence-corrected chi connectivity index (χ1v) is 4.58. The zero-order valence-electron chi connectivity index (χ0n) is 8.39. The van der Waals surface area contributed by atoms with E-state index in [4.69, 9.17) is 10.2 Å². The first kappa shape index (κ1) is 11.9. The zero-order chi connectivity index (χ0) is 11.4. The van der Waals surface area contributed by atoms with E-state index in [1.54, 1.807) is 0 Å². The molecule has 1 fully saturated rings. The number of hydrogen-bond donors (Lipinski definition) is 2. The highest BCUT2D eigenvalue weighted by molar-refractivity contribution is 5.65. The fraction of sp³-hybridized carbons (Fsp3) is 0.667. The van der Waals surface area contributed by atoms with Crippen molar-refractivity contribution in [2.24, 2.45) is 0 Å². The van der Waals surface area contributed by atoms with Crippen LogP contribution in [0.25, 0.3) is 0 Å². The molecule has 0 radical (unpaired) electrons. The second-order valence-corrected chi connectivity index (χ2v) is 3.31. The molecule has 1 aliphatic rings. The van der Waals surface area contributed by atoms with Crippen LogP contribution in [0.4, 0.5) is 9.18 Å². The molecule has 0 aromatic carbocycles. The average molecular weight is 219 g/mol. The zero-order valence-corrected chi connectivity index (χ0v) is 8.39. The fourth-order valence-electron chi connectivity index (χ4n) is 1.44. The van der Waals surface area contributed by atoms with Crippen molar-refractivity contribution < 1.29 is 24.1 Å². The van der Waals surface area contributed by atoms with Gasteiger partial charge in [-0.3, -0.25) is 0 Å². The Balaban J connectivity index is 2.59. The molecule has 0 aromatic rings. The Morgan fingerprint density at radius 1 is 1.80 bits per heavy atom. The van der Waals surface area contributed by atoms with Gasteiger partial charge in [-0.15, -0.1) is 0 Å². The van der Waals surface area contributed by atoms with Gasteiger partial charge in [0.05, 0.1) is 6.54 Å². The quantitative estimate of drug-likeness (QED) is 0.527. The third-order valence-electron chi connectivity index (χ3n) is 2.32. The Hall–Kier alpha value is -1.14. The predicted molar refractivity (Wildman–Crippen MR) is 50.2 cm³/mol. The van der Waals surface area contributed by atoms with Crippen LogP contribution in [0.2, 0.25) is 0 Å². The maximum absolute atomic E-state index is 13.4. The van der Waals surface area contributed by atoms with E-state index in [2.05, 4.69) is 4.74 Å². The topological polar surface area (TPSA) is 70.0 Å². The smallest absolute Gasteiger partial charge is 0.407 e. The standard InChI is InChI=1S/C9H14FNO4/c1-15-8(12)4-6-2-3-11(9(13)14)5-7(6)10/h4,7-8,12H,2-3,5H2,1H3,(H,13,14)/b6-4+. The highest BCUT2D eigenvalue weighted by Crippen LogP contribution is 2.20. The van der Waals surface area contributed by atoms with Crippen molar-refractivity contribution in [3.8, 4) is 0 Å². The monoisotopic (exact) mass is 219 g/mol. The number of likely N-dealkylation sites (tertiary alicyclic amines) is 1. The number of amides is 1. The summed E-state index contributed by atoms with van der Waals surface area (Å²) in [5, 5.41) is 17.7. The lowest BCUT2D eigenvalue weighted by molar-refractivity contribution is -0.0370. The molecule has 2 N–H and O–H groups in total. The molecule has 0 aromatic heterocycles. The van der Waals surface area contributed by atoms with Gasteiger partial charge in [-0.25, -0.2) is 9.18 Å². The van der Waals surface area contributed by atoms with E-state index in [-0.39, 0.29) is 19.5 Å². The van der Waals surface area contributed by atoms with E-state index in [0.29, 0.717) is 5.57 Å². The van der Waals surface area contributed by atoms with Gasteiger partial charge in [-0.2, -0.15) is 0 Å². The van der Waals surface area contributed by atoms with E-state index in [9.17, 15) is 9.18 Å². The number of aliphatic hydroxyl groups excluding tert-OH is 1. The number of rotatable bonds is 2. The summed E-state index contributed by atoms with van der Waals surface area (Å²) in [6.07, 6.45) is -2.05. The Morgan fingerprint density at radius 2 is 2.47 bits per heavy atom. The van der Waals surface area contributed by atoms with Crippen molar-refractivity contribution >= 4 is 6.09 Å². The summed E-state index contributed by atoms with van der Waals surface area (Å²) in [7, 11) is 1.31. The lowest BCUT2D eigenvalue weighted by Gasteiger charge is -2.29. The summed E-state index contributed by atoms with van der Waals surface area (Å²) in [6, 6.07) is 0. The van der Waals surface area contributed by atoms with Crippen molar-refractivity contribution in [1.29, 1.82) is 0 Å². The highest BCUT2D eigenvalue weighted by atomic mass is 19.1. The van der Waals surface area contributed by atoms with Crippen LogP contribution in [-0.4, -0.2) is 53.9 Å². The van der Waals surface area contributed by atoms with Crippen molar-refractivity contribution in [2.75, 3.05) is 20.2 Å². The molecule has 0 saturated carbocycles. The Morgan fingerprint density at radius 3 is 2.93 bits per heavy atom. The van der Waals surface area contributed by atoms with Gasteiger partial charge in [-0.05, 0) is 18.1 Å². The molecule has 0 spiro atoms. The van der Waals surface area contributed by atoms with Crippen LogP contribution >= 0.6 is 0 Å².